The third kappa shape index (κ3) is 11.4. The van der Waals surface area contributed by atoms with Gasteiger partial charge in [-0.25, -0.2) is 0 Å². The number of rotatable bonds is 4. The van der Waals surface area contributed by atoms with Crippen LogP contribution < -0.4 is 0 Å². The van der Waals surface area contributed by atoms with E-state index in [1.807, 2.05) is 0 Å². The van der Waals surface area contributed by atoms with Gasteiger partial charge >= 0.3 is 30.2 Å². The number of hydrogen-bond donors (Lipinski definition) is 0. The second-order valence-electron chi connectivity index (χ2n) is 16.2. The molecule has 8 rings (SSSR count). The molecule has 0 nitrogen and oxygen atoms in total. The summed E-state index contributed by atoms with van der Waals surface area (Å²) in [6, 6.07) is 41.4. The van der Waals surface area contributed by atoms with Crippen LogP contribution in [-0.2, 0) is 28.8 Å². The summed E-state index contributed by atoms with van der Waals surface area (Å²) in [5.74, 6) is 2.46. The van der Waals surface area contributed by atoms with Crippen molar-refractivity contribution in [1.29, 1.82) is 0 Å². The van der Waals surface area contributed by atoms with Gasteiger partial charge in [0.25, 0.3) is 0 Å². The maximum absolute atomic E-state index is 3.06. The van der Waals surface area contributed by atoms with Gasteiger partial charge in [-0.15, -0.1) is 93.9 Å². The zero-order valence-corrected chi connectivity index (χ0v) is 38.9. The molecule has 2 fully saturated rings. The molecular weight excluding hydrogens is 791 g/mol. The molecule has 0 heterocycles. The van der Waals surface area contributed by atoms with Crippen molar-refractivity contribution in [3.8, 4) is 22.3 Å². The Morgan fingerprint density at radius 1 is 0.593 bits per heavy atom. The van der Waals surface area contributed by atoms with Crippen LogP contribution in [0.1, 0.15) is 120 Å². The third-order valence-electron chi connectivity index (χ3n) is 11.5. The summed E-state index contributed by atoms with van der Waals surface area (Å²) in [5, 5.41) is 5.55. The van der Waals surface area contributed by atoms with Gasteiger partial charge in [0.2, 0.25) is 0 Å². The predicted octanol–water partition coefficient (Wildman–Crippen LogP) is 15.8. The molecule has 0 saturated heterocycles. The van der Waals surface area contributed by atoms with E-state index in [1.165, 1.54) is 142 Å². The number of halogens is 2. The second-order valence-corrected chi connectivity index (χ2v) is 16.2. The molecule has 0 aromatic heterocycles. The first kappa shape index (κ1) is 47.9. The molecule has 0 unspecified atom stereocenters. The van der Waals surface area contributed by atoms with Crippen molar-refractivity contribution in [2.45, 2.75) is 110 Å². The summed E-state index contributed by atoms with van der Waals surface area (Å²) < 4.78 is 0. The van der Waals surface area contributed by atoms with Crippen LogP contribution in [0.15, 0.2) is 109 Å². The zero-order valence-electron chi connectivity index (χ0n) is 33.8. The average Bonchev–Trinajstić information content (AvgIpc) is 3.76. The predicted molar refractivity (Wildman–Crippen MR) is 243 cm³/mol. The van der Waals surface area contributed by atoms with Crippen molar-refractivity contribution in [2.24, 2.45) is 5.92 Å². The minimum absolute atomic E-state index is 0. The number of aryl methyl sites for hydroxylation is 1. The van der Waals surface area contributed by atoms with E-state index in [0.717, 1.165) is 17.8 Å². The Morgan fingerprint density at radius 3 is 1.63 bits per heavy atom. The van der Waals surface area contributed by atoms with Gasteiger partial charge in [0.1, 0.15) is 0 Å². The maximum atomic E-state index is 3.06. The second kappa shape index (κ2) is 21.9. The fourth-order valence-electron chi connectivity index (χ4n) is 8.50. The first-order chi connectivity index (χ1) is 24.2. The minimum atomic E-state index is 0. The quantitative estimate of drug-likeness (QED) is 0.122. The van der Waals surface area contributed by atoms with Crippen LogP contribution in [0.5, 0.6) is 0 Å². The molecule has 2 saturated carbocycles. The summed E-state index contributed by atoms with van der Waals surface area (Å²) in [7, 11) is 0. The van der Waals surface area contributed by atoms with E-state index in [0.29, 0.717) is 0 Å². The fourth-order valence-corrected chi connectivity index (χ4v) is 8.50. The first-order valence-corrected chi connectivity index (χ1v) is 23.2. The Balaban J connectivity index is 0.000000337. The van der Waals surface area contributed by atoms with Crippen LogP contribution in [0.25, 0.3) is 43.8 Å². The van der Waals surface area contributed by atoms with Crippen LogP contribution in [0.3, 0.4) is 0 Å². The molecule has 2 aliphatic carbocycles. The van der Waals surface area contributed by atoms with Crippen molar-refractivity contribution in [3.05, 3.63) is 146 Å². The summed E-state index contributed by atoms with van der Waals surface area (Å²) in [6.45, 7) is 14.5. The van der Waals surface area contributed by atoms with Crippen LogP contribution in [-0.4, -0.2) is 6.88 Å². The van der Waals surface area contributed by atoms with Crippen molar-refractivity contribution in [3.63, 3.8) is 0 Å². The number of fused-ring (bicyclic) bond motifs is 2. The van der Waals surface area contributed by atoms with Gasteiger partial charge in [-0.05, 0) is 71.1 Å². The van der Waals surface area contributed by atoms with Crippen molar-refractivity contribution >= 4 is 53.2 Å². The van der Waals surface area contributed by atoms with Crippen LogP contribution in [0, 0.1) is 27.7 Å². The molecule has 54 heavy (non-hydrogen) atoms. The normalized spacial score (nSPS) is 16.9. The molecule has 6 aromatic carbocycles. The van der Waals surface area contributed by atoms with Crippen LogP contribution in [0.4, 0.5) is 0 Å². The molecule has 0 atom stereocenters. The molecule has 6 aromatic rings. The summed E-state index contributed by atoms with van der Waals surface area (Å²) >= 11 is 1.36. The topological polar surface area (TPSA) is 0 Å². The van der Waals surface area contributed by atoms with Gasteiger partial charge in [-0.2, -0.15) is 12.1 Å². The molecule has 4 heteroatoms. The van der Waals surface area contributed by atoms with E-state index < -0.39 is 0 Å². The van der Waals surface area contributed by atoms with E-state index >= 15 is 0 Å². The third-order valence-corrected chi connectivity index (χ3v) is 11.5. The molecule has 2 radical (unpaired) electrons. The molecule has 288 valence electrons. The Hall–Kier alpha value is -2.22. The van der Waals surface area contributed by atoms with Gasteiger partial charge in [-0.3, -0.25) is 0 Å². The van der Waals surface area contributed by atoms with E-state index in [-0.39, 0.29) is 45.1 Å². The van der Waals surface area contributed by atoms with Gasteiger partial charge in [-0.1, -0.05) is 139 Å². The summed E-state index contributed by atoms with van der Waals surface area (Å²) in [6.07, 6.45) is 12.4. The molecule has 0 spiro atoms. The van der Waals surface area contributed by atoms with Crippen LogP contribution >= 0.6 is 24.8 Å². The van der Waals surface area contributed by atoms with Gasteiger partial charge in [0.15, 0.2) is 0 Å². The van der Waals surface area contributed by atoms with Crippen molar-refractivity contribution < 1.29 is 23.3 Å². The molecule has 2 aliphatic rings. The Labute approximate surface area is 358 Å². The molecule has 0 N–H and O–H groups in total. The number of hydrogen-bond acceptors (Lipinski definition) is 0. The summed E-state index contributed by atoms with van der Waals surface area (Å²) in [4.78, 5) is 0. The van der Waals surface area contributed by atoms with Crippen LogP contribution in [0.2, 0.25) is 0 Å². The molecule has 0 amide bonds. The fraction of sp³-hybridized carbons (Fsp3) is 0.360. The Kier molecular flexibility index (Phi) is 19.4. The summed E-state index contributed by atoms with van der Waals surface area (Å²) in [5.41, 5.74) is 11.5. The average molecular weight is 853 g/mol. The zero-order chi connectivity index (χ0) is 35.3. The van der Waals surface area contributed by atoms with E-state index in [4.69, 9.17) is 0 Å². The van der Waals surface area contributed by atoms with Gasteiger partial charge < -0.3 is 14.9 Å². The van der Waals surface area contributed by atoms with E-state index in [2.05, 4.69) is 151 Å². The van der Waals surface area contributed by atoms with E-state index in [9.17, 15) is 0 Å². The van der Waals surface area contributed by atoms with Crippen molar-refractivity contribution in [1.82, 2.24) is 0 Å². The Morgan fingerprint density at radius 2 is 1.09 bits per heavy atom. The number of benzene rings is 4. The first-order valence-electron chi connectivity index (χ1n) is 19.0. The molecular formula is C50H62Cl2SiZr-4. The Bertz CT molecular complexity index is 1980. The van der Waals surface area contributed by atoms with Gasteiger partial charge in [0.05, 0.1) is 0 Å². The monoisotopic (exact) mass is 850 g/mol. The standard InChI is InChI=1S/C26H31.C22H23.2CH3.2ClH.Si.Zr/c1-18-8-10-19(11-9-18)22-16-21-6-5-7-24(25(21)17-22)20-12-14-23(15-13-20)26(2,3)4;1-16-14-20-8-5-9-21(22(20)15-16)19-12-10-18(11-13-19)17-6-3-2-4-7-17;;;;;;/h5-7,12-19H,8-11H2,1-4H3;5,8-15,17H,2-4,6-7H2,1H3;2*1H3;2*1H;;/q4*-1;;;;. The van der Waals surface area contributed by atoms with Crippen molar-refractivity contribution in [2.75, 3.05) is 0 Å². The SMILES string of the molecule is CC1CCC(c2cc3c(-c4ccc(C(C)(C)C)cc4)cccc3[cH-]2)CC1.Cc1cc2c(-c3ccc(C4CCCCC4)cc3)cccc2[cH-]1.Cl.Cl.[CH3-].[CH3-].[Si]=[Zr]. The van der Waals surface area contributed by atoms with E-state index in [1.54, 1.807) is 5.56 Å². The molecule has 0 aliphatic heterocycles. The molecule has 0 bridgehead atoms. The van der Waals surface area contributed by atoms with Gasteiger partial charge in [0, 0.05) is 0 Å².